The number of nitrogens with zero attached hydrogens (tertiary/aromatic N) is 1. The van der Waals surface area contributed by atoms with E-state index in [-0.39, 0.29) is 28.9 Å². The SMILES string of the molecule is C=C(O)C1(Cc2cccc(NC(=O)C(c3ccc(CN4Cc5ccccc5C4=O)cc3)C3CCCC3)c2)CC1. The highest BCUT2D eigenvalue weighted by Gasteiger charge is 2.45. The van der Waals surface area contributed by atoms with Crippen LogP contribution in [0.5, 0.6) is 0 Å². The highest BCUT2D eigenvalue weighted by Crippen LogP contribution is 2.52. The van der Waals surface area contributed by atoms with Crippen LogP contribution in [-0.2, 0) is 24.3 Å². The van der Waals surface area contributed by atoms with Crippen molar-refractivity contribution in [1.29, 1.82) is 0 Å². The molecule has 0 spiro atoms. The van der Waals surface area contributed by atoms with Crippen LogP contribution in [0.15, 0.2) is 85.1 Å². The van der Waals surface area contributed by atoms with E-state index in [1.165, 1.54) is 0 Å². The molecule has 0 saturated heterocycles. The summed E-state index contributed by atoms with van der Waals surface area (Å²) in [6, 6.07) is 24.1. The van der Waals surface area contributed by atoms with Gasteiger partial charge in [-0.1, -0.05) is 74.0 Å². The summed E-state index contributed by atoms with van der Waals surface area (Å²) in [4.78, 5) is 28.4. The lowest BCUT2D eigenvalue weighted by molar-refractivity contribution is -0.118. The third kappa shape index (κ3) is 5.23. The Bertz CT molecular complexity index is 1400. The molecule has 39 heavy (non-hydrogen) atoms. The van der Waals surface area contributed by atoms with Crippen molar-refractivity contribution in [2.75, 3.05) is 5.32 Å². The Kier molecular flexibility index (Phi) is 6.76. The molecule has 2 aliphatic carbocycles. The summed E-state index contributed by atoms with van der Waals surface area (Å²) in [6.07, 6.45) is 7.09. The molecule has 200 valence electrons. The van der Waals surface area contributed by atoms with Crippen LogP contribution < -0.4 is 5.32 Å². The molecule has 2 fully saturated rings. The van der Waals surface area contributed by atoms with E-state index in [9.17, 15) is 14.7 Å². The lowest BCUT2D eigenvalue weighted by Crippen LogP contribution is -2.27. The predicted molar refractivity (Wildman–Crippen MR) is 153 cm³/mol. The van der Waals surface area contributed by atoms with Gasteiger partial charge in [0, 0.05) is 29.8 Å². The zero-order valence-corrected chi connectivity index (χ0v) is 22.4. The molecule has 3 aromatic carbocycles. The zero-order chi connectivity index (χ0) is 27.0. The molecule has 1 unspecified atom stereocenters. The first-order valence-electron chi connectivity index (χ1n) is 14.2. The molecule has 2 N–H and O–H groups in total. The molecule has 3 aromatic rings. The van der Waals surface area contributed by atoms with E-state index in [4.69, 9.17) is 0 Å². The third-order valence-electron chi connectivity index (χ3n) is 8.96. The van der Waals surface area contributed by atoms with E-state index in [0.29, 0.717) is 19.0 Å². The van der Waals surface area contributed by atoms with E-state index >= 15 is 0 Å². The highest BCUT2D eigenvalue weighted by molar-refractivity contribution is 5.98. The van der Waals surface area contributed by atoms with Gasteiger partial charge >= 0.3 is 0 Å². The minimum Gasteiger partial charge on any atom is -0.512 e. The highest BCUT2D eigenvalue weighted by atomic mass is 16.3. The number of aliphatic hydroxyl groups excluding tert-OH is 1. The molecule has 0 bridgehead atoms. The van der Waals surface area contributed by atoms with Crippen molar-refractivity contribution < 1.29 is 14.7 Å². The molecule has 1 heterocycles. The Morgan fingerprint density at radius 1 is 1.00 bits per heavy atom. The van der Waals surface area contributed by atoms with Crippen molar-refractivity contribution in [1.82, 2.24) is 4.90 Å². The molecule has 0 radical (unpaired) electrons. The average Bonchev–Trinajstić information content (AvgIpc) is 3.39. The van der Waals surface area contributed by atoms with E-state index in [1.807, 2.05) is 47.4 Å². The summed E-state index contributed by atoms with van der Waals surface area (Å²) >= 11 is 0. The maximum atomic E-state index is 13.7. The summed E-state index contributed by atoms with van der Waals surface area (Å²) < 4.78 is 0. The van der Waals surface area contributed by atoms with Crippen LogP contribution in [0.25, 0.3) is 0 Å². The fourth-order valence-electron chi connectivity index (χ4n) is 6.51. The molecule has 5 nitrogen and oxygen atoms in total. The number of amides is 2. The standard InChI is InChI=1S/C34H36N2O3/c1-23(37)34(17-18-34)20-25-7-6-11-29(19-25)35-32(38)31(26-8-2-3-9-26)27-15-13-24(14-16-27)21-36-22-28-10-4-5-12-30(28)33(36)39/h4-7,10-16,19,26,31,37H,1-3,8-9,17-18,20-22H2,(H,35,38). The number of fused-ring (bicyclic) bond motifs is 1. The van der Waals surface area contributed by atoms with E-state index in [1.54, 1.807) is 0 Å². The zero-order valence-electron chi connectivity index (χ0n) is 22.4. The molecule has 2 amide bonds. The van der Waals surface area contributed by atoms with Crippen molar-refractivity contribution in [3.63, 3.8) is 0 Å². The topological polar surface area (TPSA) is 69.6 Å². The Morgan fingerprint density at radius 3 is 2.44 bits per heavy atom. The molecule has 3 aliphatic rings. The average molecular weight is 521 g/mol. The lowest BCUT2D eigenvalue weighted by atomic mass is 9.83. The van der Waals surface area contributed by atoms with Crippen LogP contribution in [0.4, 0.5) is 5.69 Å². The summed E-state index contributed by atoms with van der Waals surface area (Å²) in [5.41, 5.74) is 5.67. The van der Waals surface area contributed by atoms with Gasteiger partial charge in [-0.15, -0.1) is 0 Å². The molecule has 1 atom stereocenters. The predicted octanol–water partition coefficient (Wildman–Crippen LogP) is 7.15. The fraction of sp³-hybridized carbons (Fsp3) is 0.353. The van der Waals surface area contributed by atoms with E-state index in [0.717, 1.165) is 78.5 Å². The quantitative estimate of drug-likeness (QED) is 0.294. The Hall–Kier alpha value is -3.86. The molecule has 1 aliphatic heterocycles. The Labute approximate surface area is 230 Å². The van der Waals surface area contributed by atoms with Gasteiger partial charge in [-0.25, -0.2) is 0 Å². The number of aliphatic hydroxyl groups is 1. The number of allylic oxidation sites excluding steroid dienone is 1. The number of anilines is 1. The van der Waals surface area contributed by atoms with Crippen LogP contribution in [0.2, 0.25) is 0 Å². The van der Waals surface area contributed by atoms with E-state index in [2.05, 4.69) is 42.2 Å². The lowest BCUT2D eigenvalue weighted by Gasteiger charge is -2.24. The van der Waals surface area contributed by atoms with Gasteiger partial charge < -0.3 is 15.3 Å². The normalized spacial score (nSPS) is 18.6. The van der Waals surface area contributed by atoms with Crippen molar-refractivity contribution >= 4 is 17.5 Å². The van der Waals surface area contributed by atoms with Gasteiger partial charge in [0.25, 0.3) is 5.91 Å². The maximum absolute atomic E-state index is 13.7. The minimum atomic E-state index is -0.213. The summed E-state index contributed by atoms with van der Waals surface area (Å²) in [5.74, 6) is 0.483. The van der Waals surface area contributed by atoms with Gasteiger partial charge in [0.05, 0.1) is 11.7 Å². The van der Waals surface area contributed by atoms with Gasteiger partial charge in [-0.3, -0.25) is 9.59 Å². The first kappa shape index (κ1) is 25.4. The monoisotopic (exact) mass is 520 g/mol. The van der Waals surface area contributed by atoms with Gasteiger partial charge in [0.15, 0.2) is 0 Å². The van der Waals surface area contributed by atoms with Crippen LogP contribution in [0.1, 0.15) is 77.1 Å². The molecule has 2 saturated carbocycles. The first-order chi connectivity index (χ1) is 18.9. The summed E-state index contributed by atoms with van der Waals surface area (Å²) in [6.45, 7) is 4.97. The number of carbonyl (C=O) groups is 2. The number of rotatable bonds is 9. The number of benzene rings is 3. The van der Waals surface area contributed by atoms with Gasteiger partial charge in [-0.2, -0.15) is 0 Å². The van der Waals surface area contributed by atoms with Crippen molar-refractivity contribution in [2.45, 2.75) is 64.0 Å². The largest absolute Gasteiger partial charge is 0.512 e. The smallest absolute Gasteiger partial charge is 0.254 e. The van der Waals surface area contributed by atoms with Crippen LogP contribution in [0, 0.1) is 11.3 Å². The van der Waals surface area contributed by atoms with Crippen molar-refractivity contribution in [2.24, 2.45) is 11.3 Å². The maximum Gasteiger partial charge on any atom is 0.254 e. The third-order valence-corrected chi connectivity index (χ3v) is 8.96. The van der Waals surface area contributed by atoms with Crippen LogP contribution >= 0.6 is 0 Å². The van der Waals surface area contributed by atoms with Crippen LogP contribution in [-0.4, -0.2) is 21.8 Å². The number of nitrogens with one attached hydrogen (secondary N) is 1. The number of carbonyl (C=O) groups excluding carboxylic acids is 2. The molecular formula is C34H36N2O3. The molecular weight excluding hydrogens is 484 g/mol. The Balaban J connectivity index is 1.16. The molecule has 5 heteroatoms. The number of hydrogen-bond acceptors (Lipinski definition) is 3. The first-order valence-corrected chi connectivity index (χ1v) is 14.2. The fourth-order valence-corrected chi connectivity index (χ4v) is 6.51. The van der Waals surface area contributed by atoms with Gasteiger partial charge in [-0.05, 0) is 78.5 Å². The molecule has 6 rings (SSSR count). The van der Waals surface area contributed by atoms with Gasteiger partial charge in [0.2, 0.25) is 5.91 Å². The minimum absolute atomic E-state index is 0.0321. The van der Waals surface area contributed by atoms with E-state index < -0.39 is 0 Å². The van der Waals surface area contributed by atoms with Crippen LogP contribution in [0.3, 0.4) is 0 Å². The van der Waals surface area contributed by atoms with Crippen molar-refractivity contribution in [3.05, 3.63) is 113 Å². The summed E-state index contributed by atoms with van der Waals surface area (Å²) in [5, 5.41) is 13.2. The number of hydrogen-bond donors (Lipinski definition) is 2. The molecule has 0 aromatic heterocycles. The second-order valence-corrected chi connectivity index (χ2v) is 11.7. The Morgan fingerprint density at radius 2 is 1.74 bits per heavy atom. The second kappa shape index (κ2) is 10.4. The summed E-state index contributed by atoms with van der Waals surface area (Å²) in [7, 11) is 0. The van der Waals surface area contributed by atoms with Gasteiger partial charge in [0.1, 0.15) is 0 Å². The van der Waals surface area contributed by atoms with Crippen molar-refractivity contribution in [3.8, 4) is 0 Å². The second-order valence-electron chi connectivity index (χ2n) is 11.7.